The molecule has 1 atom stereocenters. The molecular weight excluding hydrogens is 658 g/mol. The molecule has 0 aromatic heterocycles. The first-order chi connectivity index (χ1) is 18.0. The van der Waals surface area contributed by atoms with Crippen molar-refractivity contribution < 1.29 is 84.3 Å². The molecular formula is C25H38GdN4O9. The van der Waals surface area contributed by atoms with Gasteiger partial charge in [-0.15, -0.1) is 0 Å². The van der Waals surface area contributed by atoms with Gasteiger partial charge in [0.2, 0.25) is 0 Å². The van der Waals surface area contributed by atoms with E-state index >= 15 is 0 Å². The molecule has 1 fully saturated rings. The summed E-state index contributed by atoms with van der Waals surface area (Å²) in [5.74, 6) is -3.46. The van der Waals surface area contributed by atoms with Gasteiger partial charge in [-0.2, -0.15) is 0 Å². The number of carboxylic acid groups (broad SMARTS) is 4. The van der Waals surface area contributed by atoms with Crippen molar-refractivity contribution in [3.63, 3.8) is 0 Å². The van der Waals surface area contributed by atoms with Crippen molar-refractivity contribution in [1.29, 1.82) is 0 Å². The number of rotatable bonds is 12. The van der Waals surface area contributed by atoms with Crippen molar-refractivity contribution in [2.45, 2.75) is 19.4 Å². The van der Waals surface area contributed by atoms with Gasteiger partial charge in [0, 0.05) is 91.8 Å². The number of ether oxygens (including phenoxy) is 1. The number of aliphatic carboxylic acids is 4. The van der Waals surface area contributed by atoms with Gasteiger partial charge < -0.3 is 25.2 Å². The predicted molar refractivity (Wildman–Crippen MR) is 137 cm³/mol. The molecule has 1 saturated heterocycles. The van der Waals surface area contributed by atoms with E-state index in [1.54, 1.807) is 19.6 Å². The van der Waals surface area contributed by atoms with E-state index in [1.165, 1.54) is 0 Å². The van der Waals surface area contributed by atoms with Crippen LogP contribution in [0.2, 0.25) is 0 Å². The van der Waals surface area contributed by atoms with Crippen LogP contribution in [0.3, 0.4) is 0 Å². The molecule has 1 heterocycles. The molecule has 0 bridgehead atoms. The number of carbonyl (C=O) groups is 4. The van der Waals surface area contributed by atoms with Crippen molar-refractivity contribution in [3.05, 3.63) is 29.8 Å². The van der Waals surface area contributed by atoms with Gasteiger partial charge in [0.05, 0.1) is 32.8 Å². The summed E-state index contributed by atoms with van der Waals surface area (Å²) in [6.45, 7) is 3.05. The van der Waals surface area contributed by atoms with Crippen LogP contribution < -0.4 is 4.74 Å². The van der Waals surface area contributed by atoms with E-state index < -0.39 is 29.9 Å². The minimum atomic E-state index is -1.05. The normalized spacial score (nSPS) is 18.7. The Hall–Kier alpha value is -1.94. The van der Waals surface area contributed by atoms with Crippen molar-refractivity contribution in [3.8, 4) is 5.75 Å². The monoisotopic (exact) mass is 696 g/mol. The van der Waals surface area contributed by atoms with Crippen LogP contribution in [0.1, 0.15) is 12.5 Å². The number of hydrogen-bond donors (Lipinski definition) is 4. The second kappa shape index (κ2) is 18.4. The second-order valence-electron chi connectivity index (χ2n) is 9.27. The number of carboxylic acids is 4. The maximum atomic E-state index is 11.8. The molecule has 39 heavy (non-hydrogen) atoms. The first kappa shape index (κ1) is 35.1. The zero-order valence-electron chi connectivity index (χ0n) is 22.1. The summed E-state index contributed by atoms with van der Waals surface area (Å²) in [6, 6.07) is 7.01. The summed E-state index contributed by atoms with van der Waals surface area (Å²) in [6.07, 6.45) is 0.424. The van der Waals surface area contributed by atoms with Crippen LogP contribution in [0, 0.1) is 39.9 Å². The molecule has 1 aliphatic rings. The predicted octanol–water partition coefficient (Wildman–Crippen LogP) is -0.444. The number of benzene rings is 1. The van der Waals surface area contributed by atoms with Crippen molar-refractivity contribution >= 4 is 23.9 Å². The molecule has 0 amide bonds. The minimum absolute atomic E-state index is 0. The molecule has 1 aromatic carbocycles. The van der Waals surface area contributed by atoms with E-state index in [0.717, 1.165) is 5.56 Å². The van der Waals surface area contributed by atoms with Crippen molar-refractivity contribution in [1.82, 2.24) is 19.6 Å². The van der Waals surface area contributed by atoms with E-state index in [4.69, 9.17) is 4.74 Å². The van der Waals surface area contributed by atoms with Gasteiger partial charge in [-0.3, -0.25) is 38.8 Å². The fraction of sp³-hybridized carbons (Fsp3) is 0.600. The van der Waals surface area contributed by atoms with Gasteiger partial charge in [0.25, 0.3) is 0 Å². The van der Waals surface area contributed by atoms with Crippen LogP contribution in [0.15, 0.2) is 24.3 Å². The van der Waals surface area contributed by atoms with E-state index in [9.17, 15) is 39.6 Å². The van der Waals surface area contributed by atoms with Gasteiger partial charge in [0.1, 0.15) is 5.75 Å². The molecule has 1 aromatic rings. The van der Waals surface area contributed by atoms with Crippen molar-refractivity contribution in [2.75, 3.05) is 78.6 Å². The van der Waals surface area contributed by atoms with E-state index in [2.05, 4.69) is 0 Å². The Bertz CT molecular complexity index is 935. The summed E-state index contributed by atoms with van der Waals surface area (Å²) < 4.78 is 5.50. The molecule has 220 valence electrons. The largest absolute Gasteiger partial charge is 0.494 e. The minimum Gasteiger partial charge on any atom is -0.494 e. The van der Waals surface area contributed by atoms with Crippen LogP contribution in [-0.4, -0.2) is 149 Å². The molecule has 0 unspecified atom stereocenters. The Balaban J connectivity index is 0.00000760. The molecule has 0 saturated carbocycles. The fourth-order valence-electron chi connectivity index (χ4n) is 4.52. The first-order valence-electron chi connectivity index (χ1n) is 12.6. The molecule has 0 spiro atoms. The summed E-state index contributed by atoms with van der Waals surface area (Å²) in [7, 11) is 0. The maximum Gasteiger partial charge on any atom is 0.317 e. The molecule has 0 aliphatic carbocycles. The van der Waals surface area contributed by atoms with Crippen LogP contribution in [0.5, 0.6) is 5.75 Å². The van der Waals surface area contributed by atoms with Crippen LogP contribution in [0.25, 0.3) is 0 Å². The van der Waals surface area contributed by atoms with Gasteiger partial charge in [0.15, 0.2) is 0 Å². The third-order valence-corrected chi connectivity index (χ3v) is 6.27. The van der Waals surface area contributed by atoms with Gasteiger partial charge in [-0.05, 0) is 31.0 Å². The van der Waals surface area contributed by atoms with E-state index in [0.29, 0.717) is 18.8 Å². The Morgan fingerprint density at radius 3 is 1.62 bits per heavy atom. The molecule has 0 radical (unpaired) electrons. The SMILES string of the molecule is CCOc1ccc(C[C@H]2CN(CC(=O)O)CCN(CC(=O)O)CCN(CC(=O)O)CCN2CC(=O)O)cc1.[Gd]. The molecule has 1 aliphatic heterocycles. The van der Waals surface area contributed by atoms with Crippen LogP contribution in [0.4, 0.5) is 0 Å². The van der Waals surface area contributed by atoms with Gasteiger partial charge in [-0.25, -0.2) is 0 Å². The van der Waals surface area contributed by atoms with Gasteiger partial charge >= 0.3 is 23.9 Å². The number of hydrogen-bond acceptors (Lipinski definition) is 9. The summed E-state index contributed by atoms with van der Waals surface area (Å²) >= 11 is 0. The third kappa shape index (κ3) is 14.3. The third-order valence-electron chi connectivity index (χ3n) is 6.27. The van der Waals surface area contributed by atoms with Gasteiger partial charge in [-0.1, -0.05) is 12.1 Å². The summed E-state index contributed by atoms with van der Waals surface area (Å²) in [5.41, 5.74) is 0.908. The Kier molecular flexibility index (Phi) is 16.6. The zero-order valence-corrected chi connectivity index (χ0v) is 24.3. The summed E-state index contributed by atoms with van der Waals surface area (Å²) in [4.78, 5) is 53.0. The topological polar surface area (TPSA) is 171 Å². The molecule has 4 N–H and O–H groups in total. The molecule has 13 nitrogen and oxygen atoms in total. The van der Waals surface area contributed by atoms with E-state index in [-0.39, 0.29) is 112 Å². The van der Waals surface area contributed by atoms with Crippen molar-refractivity contribution in [2.24, 2.45) is 0 Å². The number of nitrogens with zero attached hydrogens (tertiary/aromatic N) is 4. The quantitative estimate of drug-likeness (QED) is 0.222. The average Bonchev–Trinajstić information content (AvgIpc) is 2.82. The zero-order chi connectivity index (χ0) is 28.1. The Morgan fingerprint density at radius 1 is 0.718 bits per heavy atom. The summed E-state index contributed by atoms with van der Waals surface area (Å²) in [5, 5.41) is 37.9. The van der Waals surface area contributed by atoms with E-state index in [1.807, 2.05) is 31.2 Å². The second-order valence-corrected chi connectivity index (χ2v) is 9.27. The fourth-order valence-corrected chi connectivity index (χ4v) is 4.52. The average molecular weight is 696 g/mol. The molecule has 2 rings (SSSR count). The molecule has 14 heteroatoms. The van der Waals surface area contributed by atoms with Crippen LogP contribution >= 0.6 is 0 Å². The first-order valence-corrected chi connectivity index (χ1v) is 12.6. The van der Waals surface area contributed by atoms with Crippen LogP contribution in [-0.2, 0) is 25.6 Å². The Morgan fingerprint density at radius 2 is 1.15 bits per heavy atom. The smallest absolute Gasteiger partial charge is 0.317 e. The maximum absolute atomic E-state index is 11.8. The Labute approximate surface area is 260 Å². The standard InChI is InChI=1S/C25H38N4O9.Gd/c1-2-38-21-5-3-19(4-6-21)13-20-14-28(17-24(34)35)10-9-26(15-22(30)31)7-8-27(16-23(32)33)11-12-29(20)18-25(36)37;/h3-6,20H,2,7-18H2,1H3,(H,30,31)(H,32,33)(H,34,35)(H,36,37);/t20-;/m0./s1.